The second kappa shape index (κ2) is 5.36. The van der Waals surface area contributed by atoms with Crippen molar-refractivity contribution in [3.05, 3.63) is 39.4 Å². The molecule has 6 nitrogen and oxygen atoms in total. The summed E-state index contributed by atoms with van der Waals surface area (Å²) in [4.78, 5) is 24.5. The van der Waals surface area contributed by atoms with Crippen molar-refractivity contribution in [3.63, 3.8) is 0 Å². The lowest BCUT2D eigenvalue weighted by molar-refractivity contribution is -0.385. The molecule has 0 unspecified atom stereocenters. The number of nitrogens with zero attached hydrogens (tertiary/aromatic N) is 2. The van der Waals surface area contributed by atoms with Gasteiger partial charge in [0.2, 0.25) is 0 Å². The average molecular weight is 263 g/mol. The molecule has 2 rings (SSSR count). The van der Waals surface area contributed by atoms with E-state index in [4.69, 9.17) is 0 Å². The molecule has 1 saturated heterocycles. The number of carbonyl (C=O) groups excluding carboxylic acids is 1. The summed E-state index contributed by atoms with van der Waals surface area (Å²) in [6.45, 7) is 5.85. The standard InChI is InChI=1S/C13H17N3O3/c1-3-15(11-7-14-8-11)13(17)10-4-5-12(16(18)19)9(2)6-10/h4-6,11,14H,3,7-8H2,1-2H3. The fourth-order valence-electron chi connectivity index (χ4n) is 2.22. The van der Waals surface area contributed by atoms with Gasteiger partial charge in [-0.2, -0.15) is 0 Å². The van der Waals surface area contributed by atoms with E-state index in [-0.39, 0.29) is 17.6 Å². The van der Waals surface area contributed by atoms with E-state index in [1.165, 1.54) is 12.1 Å². The minimum absolute atomic E-state index is 0.0462. The molecule has 0 aliphatic carbocycles. The van der Waals surface area contributed by atoms with E-state index in [9.17, 15) is 14.9 Å². The molecule has 1 fully saturated rings. The van der Waals surface area contributed by atoms with Crippen molar-refractivity contribution in [2.75, 3.05) is 19.6 Å². The summed E-state index contributed by atoms with van der Waals surface area (Å²) in [7, 11) is 0. The molecule has 0 saturated carbocycles. The third kappa shape index (κ3) is 2.58. The molecule has 1 amide bonds. The van der Waals surface area contributed by atoms with Crippen molar-refractivity contribution in [2.24, 2.45) is 0 Å². The van der Waals surface area contributed by atoms with Crippen molar-refractivity contribution in [1.82, 2.24) is 10.2 Å². The molecule has 1 N–H and O–H groups in total. The first-order valence-electron chi connectivity index (χ1n) is 6.31. The van der Waals surface area contributed by atoms with Gasteiger partial charge in [0.25, 0.3) is 11.6 Å². The first-order valence-corrected chi connectivity index (χ1v) is 6.31. The number of likely N-dealkylation sites (N-methyl/N-ethyl adjacent to an activating group) is 1. The number of aryl methyl sites for hydroxylation is 1. The van der Waals surface area contributed by atoms with Gasteiger partial charge >= 0.3 is 0 Å². The van der Waals surface area contributed by atoms with Crippen LogP contribution in [0.15, 0.2) is 18.2 Å². The Morgan fingerprint density at radius 2 is 2.21 bits per heavy atom. The third-order valence-electron chi connectivity index (χ3n) is 3.44. The summed E-state index contributed by atoms with van der Waals surface area (Å²) in [5.74, 6) is -0.0630. The van der Waals surface area contributed by atoms with Gasteiger partial charge in [0.15, 0.2) is 0 Å². The molecule has 0 spiro atoms. The number of benzene rings is 1. The predicted molar refractivity (Wildman–Crippen MR) is 71.2 cm³/mol. The Hall–Kier alpha value is -1.95. The zero-order chi connectivity index (χ0) is 14.0. The highest BCUT2D eigenvalue weighted by Crippen LogP contribution is 2.20. The van der Waals surface area contributed by atoms with E-state index in [1.54, 1.807) is 17.9 Å². The van der Waals surface area contributed by atoms with Crippen LogP contribution in [0.5, 0.6) is 0 Å². The third-order valence-corrected chi connectivity index (χ3v) is 3.44. The summed E-state index contributed by atoms with van der Waals surface area (Å²) >= 11 is 0. The largest absolute Gasteiger partial charge is 0.333 e. The number of rotatable bonds is 4. The number of hydrogen-bond donors (Lipinski definition) is 1. The lowest BCUT2D eigenvalue weighted by Crippen LogP contribution is -2.58. The molecule has 1 aliphatic heterocycles. The summed E-state index contributed by atoms with van der Waals surface area (Å²) in [5, 5.41) is 13.9. The Morgan fingerprint density at radius 3 is 2.63 bits per heavy atom. The van der Waals surface area contributed by atoms with Crippen LogP contribution < -0.4 is 5.32 Å². The van der Waals surface area contributed by atoms with Crippen molar-refractivity contribution in [3.8, 4) is 0 Å². The molecule has 0 aromatic heterocycles. The average Bonchev–Trinajstić information content (AvgIpc) is 2.32. The molecule has 6 heteroatoms. The molecule has 0 radical (unpaired) electrons. The Kier molecular flexibility index (Phi) is 3.80. The van der Waals surface area contributed by atoms with Gasteiger partial charge < -0.3 is 10.2 Å². The van der Waals surface area contributed by atoms with Crippen LogP contribution in [0.1, 0.15) is 22.8 Å². The Bertz CT molecular complexity index is 512. The van der Waals surface area contributed by atoms with Crippen LogP contribution in [-0.2, 0) is 0 Å². The second-order valence-corrected chi connectivity index (χ2v) is 4.66. The Morgan fingerprint density at radius 1 is 1.53 bits per heavy atom. The number of amides is 1. The van der Waals surface area contributed by atoms with E-state index < -0.39 is 4.92 Å². The van der Waals surface area contributed by atoms with Gasteiger partial charge in [-0.25, -0.2) is 0 Å². The van der Waals surface area contributed by atoms with Crippen molar-refractivity contribution < 1.29 is 9.72 Å². The highest BCUT2D eigenvalue weighted by atomic mass is 16.6. The normalized spacial score (nSPS) is 14.8. The quantitative estimate of drug-likeness (QED) is 0.657. The highest BCUT2D eigenvalue weighted by Gasteiger charge is 2.28. The minimum Gasteiger partial charge on any atom is -0.333 e. The number of hydrogen-bond acceptors (Lipinski definition) is 4. The highest BCUT2D eigenvalue weighted by molar-refractivity contribution is 5.95. The SMILES string of the molecule is CCN(C(=O)c1ccc([N+](=O)[O-])c(C)c1)C1CNC1. The summed E-state index contributed by atoms with van der Waals surface area (Å²) in [5.41, 5.74) is 1.07. The van der Waals surface area contributed by atoms with Gasteiger partial charge in [-0.1, -0.05) is 0 Å². The van der Waals surface area contributed by atoms with Crippen LogP contribution >= 0.6 is 0 Å². The predicted octanol–water partition coefficient (Wildman–Crippen LogP) is 1.34. The molecular weight excluding hydrogens is 246 g/mol. The van der Waals surface area contributed by atoms with Crippen LogP contribution in [0.2, 0.25) is 0 Å². The number of carbonyl (C=O) groups is 1. The van der Waals surface area contributed by atoms with Crippen molar-refractivity contribution in [2.45, 2.75) is 19.9 Å². The molecule has 0 bridgehead atoms. The first kappa shape index (κ1) is 13.5. The topological polar surface area (TPSA) is 75.5 Å². The Balaban J connectivity index is 2.23. The minimum atomic E-state index is -0.434. The molecule has 102 valence electrons. The van der Waals surface area contributed by atoms with Gasteiger partial charge in [-0.3, -0.25) is 14.9 Å². The van der Waals surface area contributed by atoms with E-state index in [2.05, 4.69) is 5.32 Å². The van der Waals surface area contributed by atoms with Crippen LogP contribution in [0, 0.1) is 17.0 Å². The fourth-order valence-corrected chi connectivity index (χ4v) is 2.22. The summed E-state index contributed by atoms with van der Waals surface area (Å²) < 4.78 is 0. The lowest BCUT2D eigenvalue weighted by atomic mass is 10.1. The lowest BCUT2D eigenvalue weighted by Gasteiger charge is -2.37. The molecule has 0 atom stereocenters. The van der Waals surface area contributed by atoms with Gasteiger partial charge in [0.05, 0.1) is 11.0 Å². The fraction of sp³-hybridized carbons (Fsp3) is 0.462. The van der Waals surface area contributed by atoms with Crippen molar-refractivity contribution in [1.29, 1.82) is 0 Å². The first-order chi connectivity index (χ1) is 9.04. The maximum absolute atomic E-state index is 12.4. The molecule has 1 aliphatic rings. The van der Waals surface area contributed by atoms with E-state index >= 15 is 0 Å². The number of nitro groups is 1. The maximum atomic E-state index is 12.4. The molecule has 19 heavy (non-hydrogen) atoms. The molecule has 1 aromatic carbocycles. The molecular formula is C13H17N3O3. The zero-order valence-corrected chi connectivity index (χ0v) is 11.0. The smallest absolute Gasteiger partial charge is 0.272 e. The Labute approximate surface area is 111 Å². The van der Waals surface area contributed by atoms with E-state index in [1.807, 2.05) is 6.92 Å². The van der Waals surface area contributed by atoms with Crippen molar-refractivity contribution >= 4 is 11.6 Å². The van der Waals surface area contributed by atoms with Crippen LogP contribution in [0.3, 0.4) is 0 Å². The maximum Gasteiger partial charge on any atom is 0.272 e. The van der Waals surface area contributed by atoms with Gasteiger partial charge in [0, 0.05) is 36.8 Å². The van der Waals surface area contributed by atoms with Crippen LogP contribution in [0.4, 0.5) is 5.69 Å². The van der Waals surface area contributed by atoms with E-state index in [0.717, 1.165) is 13.1 Å². The molecule has 1 heterocycles. The molecule has 1 aromatic rings. The second-order valence-electron chi connectivity index (χ2n) is 4.66. The summed E-state index contributed by atoms with van der Waals surface area (Å²) in [6, 6.07) is 4.75. The van der Waals surface area contributed by atoms with Gasteiger partial charge in [-0.05, 0) is 26.0 Å². The number of nitro benzene ring substituents is 1. The van der Waals surface area contributed by atoms with Gasteiger partial charge in [0.1, 0.15) is 0 Å². The van der Waals surface area contributed by atoms with Crippen LogP contribution in [-0.4, -0.2) is 41.4 Å². The summed E-state index contributed by atoms with van der Waals surface area (Å²) in [6.07, 6.45) is 0. The van der Waals surface area contributed by atoms with E-state index in [0.29, 0.717) is 17.7 Å². The zero-order valence-electron chi connectivity index (χ0n) is 11.0. The monoisotopic (exact) mass is 263 g/mol. The van der Waals surface area contributed by atoms with Crippen LogP contribution in [0.25, 0.3) is 0 Å². The van der Waals surface area contributed by atoms with Gasteiger partial charge in [-0.15, -0.1) is 0 Å². The number of nitrogens with one attached hydrogen (secondary N) is 1.